The van der Waals surface area contributed by atoms with E-state index in [0.717, 1.165) is 11.4 Å². The Bertz CT molecular complexity index is 574. The van der Waals surface area contributed by atoms with Crippen LogP contribution in [0.5, 0.6) is 5.75 Å². The molecule has 0 saturated carbocycles. The zero-order valence-electron chi connectivity index (χ0n) is 11.4. The van der Waals surface area contributed by atoms with Crippen LogP contribution in [0.25, 0.3) is 0 Å². The quantitative estimate of drug-likeness (QED) is 0.786. The van der Waals surface area contributed by atoms with Crippen LogP contribution in [-0.4, -0.2) is 16.9 Å². The average molecular weight is 255 g/mol. The average Bonchev–Trinajstić information content (AvgIpc) is 2.38. The van der Waals surface area contributed by atoms with E-state index in [9.17, 15) is 4.79 Å². The van der Waals surface area contributed by atoms with Gasteiger partial charge in [0, 0.05) is 23.0 Å². The van der Waals surface area contributed by atoms with Crippen molar-refractivity contribution in [1.82, 2.24) is 4.98 Å². The Labute approximate surface area is 113 Å². The molecule has 0 fully saturated rings. The molecule has 0 unspecified atom stereocenters. The van der Waals surface area contributed by atoms with Crippen molar-refractivity contribution in [3.63, 3.8) is 0 Å². The molecule has 0 radical (unpaired) electrons. The summed E-state index contributed by atoms with van der Waals surface area (Å²) in [6.45, 7) is 5.81. The van der Waals surface area contributed by atoms with Crippen molar-refractivity contribution in [2.24, 2.45) is 0 Å². The minimum Gasteiger partial charge on any atom is -0.491 e. The smallest absolute Gasteiger partial charge is 0.193 e. The van der Waals surface area contributed by atoms with Gasteiger partial charge in [-0.2, -0.15) is 0 Å². The van der Waals surface area contributed by atoms with E-state index in [1.807, 2.05) is 32.9 Å². The lowest BCUT2D eigenvalue weighted by Gasteiger charge is -2.09. The molecule has 0 saturated heterocycles. The summed E-state index contributed by atoms with van der Waals surface area (Å²) >= 11 is 0. The molecule has 2 rings (SSSR count). The molecule has 98 valence electrons. The fourth-order valence-corrected chi connectivity index (χ4v) is 1.81. The van der Waals surface area contributed by atoms with Crippen LogP contribution in [0.1, 0.15) is 35.5 Å². The van der Waals surface area contributed by atoms with Crippen LogP contribution in [-0.2, 0) is 0 Å². The molecule has 0 aliphatic rings. The Morgan fingerprint density at radius 2 is 1.79 bits per heavy atom. The van der Waals surface area contributed by atoms with Gasteiger partial charge in [-0.1, -0.05) is 0 Å². The van der Waals surface area contributed by atoms with Gasteiger partial charge in [-0.05, 0) is 57.2 Å². The predicted octanol–water partition coefficient (Wildman–Crippen LogP) is 3.41. The van der Waals surface area contributed by atoms with E-state index in [4.69, 9.17) is 4.74 Å². The van der Waals surface area contributed by atoms with Gasteiger partial charge < -0.3 is 4.74 Å². The summed E-state index contributed by atoms with van der Waals surface area (Å²) in [5, 5.41) is 0. The standard InChI is InChI=1S/C16H17NO2/c1-11(2)19-15-6-4-13(5-7-15)16(18)14-8-9-17-12(3)10-14/h4-11H,1-3H3. The number of aryl methyl sites for hydroxylation is 1. The highest BCUT2D eigenvalue weighted by Crippen LogP contribution is 2.16. The Balaban J connectivity index is 2.20. The van der Waals surface area contributed by atoms with E-state index in [1.165, 1.54) is 0 Å². The minimum absolute atomic E-state index is 0.00148. The number of pyridine rings is 1. The van der Waals surface area contributed by atoms with Gasteiger partial charge in [0.15, 0.2) is 5.78 Å². The largest absolute Gasteiger partial charge is 0.491 e. The second-order valence-corrected chi connectivity index (χ2v) is 4.71. The maximum atomic E-state index is 12.3. The number of hydrogen-bond acceptors (Lipinski definition) is 3. The van der Waals surface area contributed by atoms with Crippen molar-refractivity contribution in [1.29, 1.82) is 0 Å². The summed E-state index contributed by atoms with van der Waals surface area (Å²) in [4.78, 5) is 16.4. The summed E-state index contributed by atoms with van der Waals surface area (Å²) < 4.78 is 5.55. The first-order valence-electron chi connectivity index (χ1n) is 6.30. The molecule has 0 spiro atoms. The molecule has 1 aromatic carbocycles. The van der Waals surface area contributed by atoms with Crippen LogP contribution < -0.4 is 4.74 Å². The second-order valence-electron chi connectivity index (χ2n) is 4.71. The number of hydrogen-bond donors (Lipinski definition) is 0. The van der Waals surface area contributed by atoms with Crippen molar-refractivity contribution < 1.29 is 9.53 Å². The van der Waals surface area contributed by atoms with Gasteiger partial charge in [0.2, 0.25) is 0 Å². The van der Waals surface area contributed by atoms with Crippen LogP contribution in [0.2, 0.25) is 0 Å². The Hall–Kier alpha value is -2.16. The van der Waals surface area contributed by atoms with Crippen molar-refractivity contribution in [2.45, 2.75) is 26.9 Å². The normalized spacial score (nSPS) is 10.5. The molecule has 3 heteroatoms. The Morgan fingerprint density at radius 3 is 2.37 bits per heavy atom. The first-order chi connectivity index (χ1) is 9.06. The number of carbonyl (C=O) groups is 1. The van der Waals surface area contributed by atoms with Gasteiger partial charge in [0.05, 0.1) is 6.10 Å². The summed E-state index contributed by atoms with van der Waals surface area (Å²) in [5.41, 5.74) is 2.15. The van der Waals surface area contributed by atoms with Crippen LogP contribution in [0.4, 0.5) is 0 Å². The molecule has 0 N–H and O–H groups in total. The molecular weight excluding hydrogens is 238 g/mol. The van der Waals surface area contributed by atoms with Gasteiger partial charge in [-0.15, -0.1) is 0 Å². The number of nitrogens with zero attached hydrogens (tertiary/aromatic N) is 1. The summed E-state index contributed by atoms with van der Waals surface area (Å²) in [7, 11) is 0. The third kappa shape index (κ3) is 3.41. The number of ketones is 1. The first-order valence-corrected chi connectivity index (χ1v) is 6.30. The molecule has 3 nitrogen and oxygen atoms in total. The lowest BCUT2D eigenvalue weighted by molar-refractivity contribution is 0.103. The maximum Gasteiger partial charge on any atom is 0.193 e. The topological polar surface area (TPSA) is 39.2 Å². The van der Waals surface area contributed by atoms with Crippen molar-refractivity contribution in [2.75, 3.05) is 0 Å². The fourth-order valence-electron chi connectivity index (χ4n) is 1.81. The molecule has 19 heavy (non-hydrogen) atoms. The van der Waals surface area contributed by atoms with Gasteiger partial charge >= 0.3 is 0 Å². The monoisotopic (exact) mass is 255 g/mol. The van der Waals surface area contributed by atoms with Gasteiger partial charge in [-0.25, -0.2) is 0 Å². The zero-order valence-corrected chi connectivity index (χ0v) is 11.4. The van der Waals surface area contributed by atoms with Crippen molar-refractivity contribution >= 4 is 5.78 Å². The number of ether oxygens (including phenoxy) is 1. The molecule has 0 aliphatic heterocycles. The molecule has 0 atom stereocenters. The van der Waals surface area contributed by atoms with Crippen LogP contribution in [0.15, 0.2) is 42.6 Å². The third-order valence-electron chi connectivity index (χ3n) is 2.65. The van der Waals surface area contributed by atoms with Crippen molar-refractivity contribution in [3.8, 4) is 5.75 Å². The minimum atomic E-state index is 0.00148. The van der Waals surface area contributed by atoms with E-state index < -0.39 is 0 Å². The predicted molar refractivity (Wildman–Crippen MR) is 74.6 cm³/mol. The summed E-state index contributed by atoms with van der Waals surface area (Å²) in [5.74, 6) is 0.777. The number of carbonyl (C=O) groups excluding carboxylic acids is 1. The lowest BCUT2D eigenvalue weighted by Crippen LogP contribution is -2.06. The summed E-state index contributed by atoms with van der Waals surface area (Å²) in [6.07, 6.45) is 1.78. The SMILES string of the molecule is Cc1cc(C(=O)c2ccc(OC(C)C)cc2)ccn1. The van der Waals surface area contributed by atoms with Crippen LogP contribution >= 0.6 is 0 Å². The molecule has 0 amide bonds. The van der Waals surface area contributed by atoms with E-state index in [2.05, 4.69) is 4.98 Å². The fraction of sp³-hybridized carbons (Fsp3) is 0.250. The van der Waals surface area contributed by atoms with E-state index in [1.54, 1.807) is 30.5 Å². The van der Waals surface area contributed by atoms with Gasteiger partial charge in [0.1, 0.15) is 5.75 Å². The second kappa shape index (κ2) is 5.65. The van der Waals surface area contributed by atoms with E-state index in [-0.39, 0.29) is 11.9 Å². The maximum absolute atomic E-state index is 12.3. The highest BCUT2D eigenvalue weighted by atomic mass is 16.5. The number of benzene rings is 1. The Kier molecular flexibility index (Phi) is 3.95. The van der Waals surface area contributed by atoms with Crippen LogP contribution in [0, 0.1) is 6.92 Å². The molecule has 1 heterocycles. The molecule has 1 aromatic heterocycles. The highest BCUT2D eigenvalue weighted by molar-refractivity contribution is 6.09. The zero-order chi connectivity index (χ0) is 13.8. The molecular formula is C16H17NO2. The first kappa shape index (κ1) is 13.3. The number of rotatable bonds is 4. The summed E-state index contributed by atoms with van der Waals surface area (Å²) in [6, 6.07) is 10.7. The van der Waals surface area contributed by atoms with Crippen LogP contribution in [0.3, 0.4) is 0 Å². The molecule has 0 aliphatic carbocycles. The lowest BCUT2D eigenvalue weighted by atomic mass is 10.0. The number of aromatic nitrogens is 1. The Morgan fingerprint density at radius 1 is 1.11 bits per heavy atom. The van der Waals surface area contributed by atoms with E-state index >= 15 is 0 Å². The van der Waals surface area contributed by atoms with Gasteiger partial charge in [-0.3, -0.25) is 9.78 Å². The van der Waals surface area contributed by atoms with Crippen molar-refractivity contribution in [3.05, 3.63) is 59.4 Å². The molecule has 2 aromatic rings. The highest BCUT2D eigenvalue weighted by Gasteiger charge is 2.09. The molecule has 0 bridgehead atoms. The third-order valence-corrected chi connectivity index (χ3v) is 2.65. The van der Waals surface area contributed by atoms with Gasteiger partial charge in [0.25, 0.3) is 0 Å². The van der Waals surface area contributed by atoms with E-state index in [0.29, 0.717) is 11.1 Å².